The van der Waals surface area contributed by atoms with Crippen LogP contribution in [-0.4, -0.2) is 44.1 Å². The van der Waals surface area contributed by atoms with E-state index in [1.54, 1.807) is 6.92 Å². The van der Waals surface area contributed by atoms with Gasteiger partial charge in [0.25, 0.3) is 0 Å². The number of halogens is 1. The molecule has 1 aromatic carbocycles. The largest absolute Gasteiger partial charge is 1.00 e. The van der Waals surface area contributed by atoms with Crippen LogP contribution in [0.4, 0.5) is 10.7 Å². The normalized spacial score (nSPS) is 10.4. The fourth-order valence-corrected chi connectivity index (χ4v) is 2.72. The van der Waals surface area contributed by atoms with Gasteiger partial charge in [0.05, 0.1) is 13.7 Å². The Morgan fingerprint density at radius 3 is 2.60 bits per heavy atom. The maximum Gasteiger partial charge on any atom is 1.00 e. The summed E-state index contributed by atoms with van der Waals surface area (Å²) in [4.78, 5) is 31.4. The predicted octanol–water partition coefficient (Wildman–Crippen LogP) is -0.0612. The Balaban J connectivity index is 0.00000450. The number of nitrogens with zero attached hydrogens (tertiary/aromatic N) is 3. The molecule has 14 heteroatoms. The number of anilines is 1. The Bertz CT molecular complexity index is 1010. The third-order valence-corrected chi connectivity index (χ3v) is 4.01. The number of carbonyl (C=O) groups is 2. The first-order chi connectivity index (χ1) is 13.7. The average Bonchev–Trinajstić information content (AvgIpc) is 2.65. The van der Waals surface area contributed by atoms with Gasteiger partial charge in [-0.2, -0.15) is 13.4 Å². The molecule has 0 atom stereocenters. The summed E-state index contributed by atoms with van der Waals surface area (Å²) in [5.41, 5.74) is -0.136. The molecule has 2 aromatic rings. The smallest absolute Gasteiger partial charge is 0.481 e. The van der Waals surface area contributed by atoms with Crippen molar-refractivity contribution in [1.29, 1.82) is 0 Å². The van der Waals surface area contributed by atoms with Gasteiger partial charge in [-0.1, -0.05) is 30.7 Å². The van der Waals surface area contributed by atoms with Crippen molar-refractivity contribution >= 4 is 39.9 Å². The molecule has 1 N–H and O–H groups in total. The molecule has 0 aliphatic heterocycles. The minimum Gasteiger partial charge on any atom is -0.481 e. The summed E-state index contributed by atoms with van der Waals surface area (Å²) < 4.78 is 41.7. The molecule has 0 aliphatic rings. The first-order valence-electron chi connectivity index (χ1n) is 8.07. The Hall–Kier alpha value is -2.12. The molecule has 1 heterocycles. The van der Waals surface area contributed by atoms with E-state index in [2.05, 4.69) is 14.7 Å². The van der Waals surface area contributed by atoms with Gasteiger partial charge in [0.1, 0.15) is 16.7 Å². The SMILES string of the molecule is CCCOC(=O)c1ccccc1OS(=O)(=O)[N-]C(=O)Nc1nc(Cl)cc(OC)n1.[Na+]. The molecule has 0 fully saturated rings. The zero-order chi connectivity index (χ0) is 21.4. The van der Waals surface area contributed by atoms with Crippen molar-refractivity contribution in [3.8, 4) is 11.6 Å². The number of urea groups is 1. The van der Waals surface area contributed by atoms with E-state index < -0.39 is 22.3 Å². The van der Waals surface area contributed by atoms with Crippen molar-refractivity contribution in [2.75, 3.05) is 19.0 Å². The number of hydrogen-bond donors (Lipinski definition) is 1. The molecule has 2 amide bonds. The summed E-state index contributed by atoms with van der Waals surface area (Å²) in [6.07, 6.45) is 0.582. The van der Waals surface area contributed by atoms with Crippen molar-refractivity contribution in [2.24, 2.45) is 0 Å². The molecule has 0 unspecified atom stereocenters. The van der Waals surface area contributed by atoms with Gasteiger partial charge < -0.3 is 19.0 Å². The monoisotopic (exact) mass is 466 g/mol. The first kappa shape index (κ1) is 25.9. The minimum absolute atomic E-state index is 0. The van der Waals surface area contributed by atoms with Crippen molar-refractivity contribution in [1.82, 2.24) is 9.97 Å². The van der Waals surface area contributed by atoms with Crippen LogP contribution in [0.15, 0.2) is 30.3 Å². The van der Waals surface area contributed by atoms with Crippen molar-refractivity contribution in [2.45, 2.75) is 13.3 Å². The summed E-state index contributed by atoms with van der Waals surface area (Å²) in [6, 6.07) is 5.40. The maximum atomic E-state index is 12.1. The Kier molecular flexibility index (Phi) is 10.3. The van der Waals surface area contributed by atoms with Crippen LogP contribution >= 0.6 is 11.6 Å². The number of hydrogen-bond acceptors (Lipinski definition) is 9. The third-order valence-electron chi connectivity index (χ3n) is 3.03. The van der Waals surface area contributed by atoms with Gasteiger partial charge in [0, 0.05) is 6.07 Å². The van der Waals surface area contributed by atoms with Crippen molar-refractivity contribution in [3.63, 3.8) is 0 Å². The number of para-hydroxylation sites is 1. The fourth-order valence-electron chi connectivity index (χ4n) is 1.89. The Labute approximate surface area is 200 Å². The molecule has 0 spiro atoms. The van der Waals surface area contributed by atoms with Crippen LogP contribution in [0.5, 0.6) is 11.6 Å². The van der Waals surface area contributed by atoms with Crippen molar-refractivity contribution in [3.05, 3.63) is 45.8 Å². The van der Waals surface area contributed by atoms with Gasteiger partial charge in [0.2, 0.25) is 5.88 Å². The molecule has 0 radical (unpaired) electrons. The van der Waals surface area contributed by atoms with Gasteiger partial charge in [-0.25, -0.2) is 9.78 Å². The first-order valence-corrected chi connectivity index (χ1v) is 9.81. The second kappa shape index (κ2) is 11.9. The number of amides is 2. The number of aromatic nitrogens is 2. The number of benzene rings is 1. The zero-order valence-corrected chi connectivity index (χ0v) is 19.9. The van der Waals surface area contributed by atoms with Crippen molar-refractivity contribution < 1.29 is 61.2 Å². The molecule has 0 aliphatic carbocycles. The Morgan fingerprint density at radius 1 is 1.23 bits per heavy atom. The number of rotatable bonds is 8. The van der Waals surface area contributed by atoms with Gasteiger partial charge >= 0.3 is 45.8 Å². The predicted molar refractivity (Wildman–Crippen MR) is 103 cm³/mol. The molecule has 11 nitrogen and oxygen atoms in total. The number of esters is 1. The van der Waals surface area contributed by atoms with E-state index in [0.717, 1.165) is 0 Å². The third kappa shape index (κ3) is 7.95. The maximum absolute atomic E-state index is 12.1. The molecular weight excluding hydrogens is 451 g/mol. The molecule has 0 bridgehead atoms. The van der Waals surface area contributed by atoms with Crippen LogP contribution in [0.1, 0.15) is 23.7 Å². The standard InChI is InChI=1S/C16H17ClN4O7S.Na/c1-3-8-27-14(22)10-6-4-5-7-11(10)28-29(24,25)21-16(23)20-15-18-12(17)9-13(19-15)26-2;/h4-7,9H,3,8H2,1-2H3,(H2,18,19,20,21,23);/q;+1/p-1. The molecule has 156 valence electrons. The molecule has 30 heavy (non-hydrogen) atoms. The van der Waals surface area contributed by atoms with Gasteiger partial charge in [-0.15, -0.1) is 0 Å². The molecular formula is C16H16ClN4NaO7S. The summed E-state index contributed by atoms with van der Waals surface area (Å²) in [7, 11) is -3.46. The average molecular weight is 467 g/mol. The molecule has 0 saturated heterocycles. The van der Waals surface area contributed by atoms with Crippen LogP contribution < -0.4 is 43.8 Å². The van der Waals surface area contributed by atoms with Crippen LogP contribution in [-0.2, 0) is 15.0 Å². The molecule has 0 saturated carbocycles. The van der Waals surface area contributed by atoms with Crippen LogP contribution in [0.2, 0.25) is 5.15 Å². The number of nitrogens with one attached hydrogen (secondary N) is 1. The summed E-state index contributed by atoms with van der Waals surface area (Å²) in [6.45, 7) is 1.95. The van der Waals surface area contributed by atoms with Crippen LogP contribution in [0, 0.1) is 0 Å². The van der Waals surface area contributed by atoms with Gasteiger partial charge in [-0.05, 0) is 18.6 Å². The zero-order valence-electron chi connectivity index (χ0n) is 16.3. The van der Waals surface area contributed by atoms with Crippen LogP contribution in [0.3, 0.4) is 0 Å². The van der Waals surface area contributed by atoms with Gasteiger partial charge in [0.15, 0.2) is 11.8 Å². The number of ether oxygens (including phenoxy) is 2. The van der Waals surface area contributed by atoms with Crippen LogP contribution in [0.25, 0.3) is 4.72 Å². The number of methoxy groups -OCH3 is 1. The van der Waals surface area contributed by atoms with E-state index in [4.69, 9.17) is 25.3 Å². The Morgan fingerprint density at radius 2 is 1.93 bits per heavy atom. The summed E-state index contributed by atoms with van der Waals surface area (Å²) in [5.74, 6) is -1.41. The van der Waals surface area contributed by atoms with Gasteiger partial charge in [-0.3, -0.25) is 9.52 Å². The second-order valence-corrected chi connectivity index (χ2v) is 6.81. The van der Waals surface area contributed by atoms with E-state index in [1.807, 2.05) is 5.32 Å². The minimum atomic E-state index is -4.77. The van der Waals surface area contributed by atoms with E-state index in [-0.39, 0.29) is 64.5 Å². The fraction of sp³-hybridized carbons (Fsp3) is 0.250. The topological polar surface area (TPSA) is 148 Å². The summed E-state index contributed by atoms with van der Waals surface area (Å²) >= 11 is 5.74. The van der Waals surface area contributed by atoms with E-state index in [0.29, 0.717) is 6.42 Å². The van der Waals surface area contributed by atoms with E-state index >= 15 is 0 Å². The molecule has 1 aromatic heterocycles. The second-order valence-electron chi connectivity index (χ2n) is 5.22. The quantitative estimate of drug-likeness (QED) is 0.321. The number of carbonyl (C=O) groups excluding carboxylic acids is 2. The molecule has 2 rings (SSSR count). The van der Waals surface area contributed by atoms with E-state index in [9.17, 15) is 18.0 Å². The van der Waals surface area contributed by atoms with E-state index in [1.165, 1.54) is 37.4 Å². The summed E-state index contributed by atoms with van der Waals surface area (Å²) in [5, 5.41) is 1.97.